The van der Waals surface area contributed by atoms with Crippen molar-refractivity contribution in [2.45, 2.75) is 26.4 Å². The van der Waals surface area contributed by atoms with Crippen LogP contribution in [0.15, 0.2) is 18.2 Å². The van der Waals surface area contributed by atoms with Crippen LogP contribution in [-0.4, -0.2) is 16.6 Å². The zero-order valence-electron chi connectivity index (χ0n) is 10.2. The lowest BCUT2D eigenvalue weighted by Crippen LogP contribution is -2.27. The quantitative estimate of drug-likeness (QED) is 0.659. The number of nitrogens with one attached hydrogen (secondary N) is 1. The van der Waals surface area contributed by atoms with Crippen LogP contribution in [0.5, 0.6) is 0 Å². The predicted molar refractivity (Wildman–Crippen MR) is 68.0 cm³/mol. The van der Waals surface area contributed by atoms with E-state index in [0.29, 0.717) is 0 Å². The maximum Gasteiger partial charge on any atom is 0.412 e. The van der Waals surface area contributed by atoms with Crippen molar-refractivity contribution in [1.29, 1.82) is 0 Å². The van der Waals surface area contributed by atoms with Crippen LogP contribution < -0.4 is 5.32 Å². The zero-order valence-corrected chi connectivity index (χ0v) is 10.9. The van der Waals surface area contributed by atoms with E-state index < -0.39 is 16.6 Å². The number of hydrogen-bond acceptors (Lipinski definition) is 4. The van der Waals surface area contributed by atoms with E-state index in [2.05, 4.69) is 5.32 Å². The highest BCUT2D eigenvalue weighted by atomic mass is 35.5. The molecule has 1 N–H and O–H groups in total. The Morgan fingerprint density at radius 3 is 2.56 bits per heavy atom. The Bertz CT molecular complexity index is 482. The smallest absolute Gasteiger partial charge is 0.412 e. The third kappa shape index (κ3) is 4.21. The van der Waals surface area contributed by atoms with Gasteiger partial charge in [0.2, 0.25) is 0 Å². The van der Waals surface area contributed by atoms with Gasteiger partial charge in [-0.15, -0.1) is 0 Å². The number of carbonyl (C=O) groups is 1. The second-order valence-corrected chi connectivity index (χ2v) is 4.96. The number of nitro groups is 1. The molecule has 1 aromatic rings. The Morgan fingerprint density at radius 1 is 1.44 bits per heavy atom. The molecule has 0 radical (unpaired) electrons. The number of non-ortho nitro benzene ring substituents is 1. The first-order chi connectivity index (χ1) is 8.19. The van der Waals surface area contributed by atoms with Crippen LogP contribution in [0.4, 0.5) is 16.2 Å². The minimum absolute atomic E-state index is 0.139. The van der Waals surface area contributed by atoms with Gasteiger partial charge >= 0.3 is 6.09 Å². The normalized spacial score (nSPS) is 10.9. The third-order valence-electron chi connectivity index (χ3n) is 1.80. The van der Waals surface area contributed by atoms with Crippen molar-refractivity contribution in [3.63, 3.8) is 0 Å². The first-order valence-electron chi connectivity index (χ1n) is 5.13. The van der Waals surface area contributed by atoms with Crippen molar-refractivity contribution in [3.05, 3.63) is 33.3 Å². The molecule has 0 saturated heterocycles. The van der Waals surface area contributed by atoms with Crippen molar-refractivity contribution < 1.29 is 14.5 Å². The second-order valence-electron chi connectivity index (χ2n) is 4.55. The maximum absolute atomic E-state index is 11.5. The van der Waals surface area contributed by atoms with E-state index >= 15 is 0 Å². The van der Waals surface area contributed by atoms with Crippen molar-refractivity contribution in [3.8, 4) is 0 Å². The van der Waals surface area contributed by atoms with Crippen LogP contribution in [-0.2, 0) is 4.74 Å². The molecule has 18 heavy (non-hydrogen) atoms. The summed E-state index contributed by atoms with van der Waals surface area (Å²) < 4.78 is 5.02. The molecule has 1 amide bonds. The summed E-state index contributed by atoms with van der Waals surface area (Å²) in [5.74, 6) is 0. The van der Waals surface area contributed by atoms with Gasteiger partial charge in [0.25, 0.3) is 5.69 Å². The topological polar surface area (TPSA) is 81.5 Å². The average Bonchev–Trinajstić information content (AvgIpc) is 2.18. The molecule has 6 nitrogen and oxygen atoms in total. The number of rotatable bonds is 2. The van der Waals surface area contributed by atoms with Gasteiger partial charge in [0.1, 0.15) is 5.60 Å². The molecular formula is C11H13ClN2O4. The highest BCUT2D eigenvalue weighted by Gasteiger charge is 2.18. The molecule has 0 heterocycles. The van der Waals surface area contributed by atoms with E-state index in [4.69, 9.17) is 16.3 Å². The lowest BCUT2D eigenvalue weighted by molar-refractivity contribution is -0.384. The second kappa shape index (κ2) is 5.22. The number of nitro benzene ring substituents is 1. The fourth-order valence-electron chi connectivity index (χ4n) is 1.14. The number of anilines is 1. The summed E-state index contributed by atoms with van der Waals surface area (Å²) in [5, 5.41) is 13.2. The van der Waals surface area contributed by atoms with Gasteiger partial charge in [0.05, 0.1) is 15.6 Å². The first-order valence-corrected chi connectivity index (χ1v) is 5.51. The van der Waals surface area contributed by atoms with Crippen LogP contribution in [0.25, 0.3) is 0 Å². The summed E-state index contributed by atoms with van der Waals surface area (Å²) in [4.78, 5) is 21.5. The summed E-state index contributed by atoms with van der Waals surface area (Å²) in [6, 6.07) is 3.77. The molecule has 0 bridgehead atoms. The molecule has 1 aromatic carbocycles. The minimum Gasteiger partial charge on any atom is -0.444 e. The van der Waals surface area contributed by atoms with Gasteiger partial charge in [0.15, 0.2) is 0 Å². The lowest BCUT2D eigenvalue weighted by atomic mass is 10.2. The van der Waals surface area contributed by atoms with Crippen LogP contribution in [0, 0.1) is 10.1 Å². The summed E-state index contributed by atoms with van der Waals surface area (Å²) in [6.45, 7) is 5.13. The molecule has 0 fully saturated rings. The fourth-order valence-corrected chi connectivity index (χ4v) is 1.30. The summed E-state index contributed by atoms with van der Waals surface area (Å²) >= 11 is 5.82. The third-order valence-corrected chi connectivity index (χ3v) is 2.13. The molecule has 0 atom stereocenters. The molecule has 0 aliphatic rings. The number of hydrogen-bond donors (Lipinski definition) is 1. The number of benzene rings is 1. The molecule has 0 spiro atoms. The standard InChI is InChI=1S/C11H13ClN2O4/c1-11(2,3)18-10(15)13-9-6-7(14(16)17)4-5-8(9)12/h4-6H,1-3H3,(H,13,15). The maximum atomic E-state index is 11.5. The van der Waals surface area contributed by atoms with E-state index in [1.54, 1.807) is 20.8 Å². The number of nitrogens with zero attached hydrogens (tertiary/aromatic N) is 1. The van der Waals surface area contributed by atoms with Gasteiger partial charge in [-0.2, -0.15) is 0 Å². The van der Waals surface area contributed by atoms with E-state index in [0.717, 1.165) is 0 Å². The summed E-state index contributed by atoms with van der Waals surface area (Å²) in [6.07, 6.45) is -0.718. The van der Waals surface area contributed by atoms with Crippen molar-refractivity contribution in [1.82, 2.24) is 0 Å². The minimum atomic E-state index is -0.718. The lowest BCUT2D eigenvalue weighted by Gasteiger charge is -2.19. The van der Waals surface area contributed by atoms with Crippen molar-refractivity contribution >= 4 is 29.1 Å². The highest BCUT2D eigenvalue weighted by molar-refractivity contribution is 6.33. The largest absolute Gasteiger partial charge is 0.444 e. The fraction of sp³-hybridized carbons (Fsp3) is 0.364. The van der Waals surface area contributed by atoms with Crippen LogP contribution in [0.2, 0.25) is 5.02 Å². The molecule has 0 aromatic heterocycles. The van der Waals surface area contributed by atoms with Crippen molar-refractivity contribution in [2.75, 3.05) is 5.32 Å². The molecule has 0 aliphatic heterocycles. The Balaban J connectivity index is 2.87. The van der Waals surface area contributed by atoms with Gasteiger partial charge in [-0.1, -0.05) is 11.6 Å². The average molecular weight is 273 g/mol. The van der Waals surface area contributed by atoms with Gasteiger partial charge in [-0.25, -0.2) is 4.79 Å². The molecule has 0 aliphatic carbocycles. The molecule has 98 valence electrons. The first kappa shape index (κ1) is 14.2. The predicted octanol–water partition coefficient (Wildman–Crippen LogP) is 3.60. The SMILES string of the molecule is CC(C)(C)OC(=O)Nc1cc([N+](=O)[O-])ccc1Cl. The van der Waals surface area contributed by atoms with Gasteiger partial charge < -0.3 is 4.74 Å². The molecule has 0 saturated carbocycles. The number of amides is 1. The Kier molecular flexibility index (Phi) is 4.13. The Labute approximate surface area is 109 Å². The molecule has 1 rings (SSSR count). The number of ether oxygens (including phenoxy) is 1. The zero-order chi connectivity index (χ0) is 13.9. The monoisotopic (exact) mass is 272 g/mol. The van der Waals surface area contributed by atoms with E-state index in [-0.39, 0.29) is 16.4 Å². The van der Waals surface area contributed by atoms with E-state index in [1.807, 2.05) is 0 Å². The van der Waals surface area contributed by atoms with Crippen LogP contribution >= 0.6 is 11.6 Å². The van der Waals surface area contributed by atoms with E-state index in [1.165, 1.54) is 18.2 Å². The number of halogens is 1. The Morgan fingerprint density at radius 2 is 2.06 bits per heavy atom. The van der Waals surface area contributed by atoms with Crippen molar-refractivity contribution in [2.24, 2.45) is 0 Å². The molecular weight excluding hydrogens is 260 g/mol. The van der Waals surface area contributed by atoms with Crippen LogP contribution in [0.3, 0.4) is 0 Å². The van der Waals surface area contributed by atoms with Gasteiger partial charge in [0, 0.05) is 12.1 Å². The van der Waals surface area contributed by atoms with Crippen LogP contribution in [0.1, 0.15) is 20.8 Å². The highest BCUT2D eigenvalue weighted by Crippen LogP contribution is 2.27. The Hall–Kier alpha value is -1.82. The van der Waals surface area contributed by atoms with Gasteiger partial charge in [-0.05, 0) is 26.8 Å². The summed E-state index contributed by atoms with van der Waals surface area (Å²) in [7, 11) is 0. The van der Waals surface area contributed by atoms with E-state index in [9.17, 15) is 14.9 Å². The molecule has 0 unspecified atom stereocenters. The molecule has 7 heteroatoms. The number of carbonyl (C=O) groups excluding carboxylic acids is 1. The van der Waals surface area contributed by atoms with Gasteiger partial charge in [-0.3, -0.25) is 15.4 Å². The summed E-state index contributed by atoms with van der Waals surface area (Å²) in [5.41, 5.74) is -0.678.